The molecular weight excluding hydrogens is 318 g/mol. The molecule has 0 bridgehead atoms. The van der Waals surface area contributed by atoms with Gasteiger partial charge in [0.05, 0.1) is 11.7 Å². The first kappa shape index (κ1) is 17.9. The maximum Gasteiger partial charge on any atom is 0.146 e. The lowest BCUT2D eigenvalue weighted by Gasteiger charge is -2.29. The summed E-state index contributed by atoms with van der Waals surface area (Å²) in [4.78, 5) is 6.97. The number of anilines is 2. The zero-order valence-electron chi connectivity index (χ0n) is 14.8. The van der Waals surface area contributed by atoms with Crippen LogP contribution in [0, 0.1) is 11.3 Å². The number of likely N-dealkylation sites (N-methyl/N-ethyl adjacent to an activating group) is 1. The molecule has 0 aliphatic carbocycles. The number of rotatable bonds is 7. The molecule has 1 aromatic rings. The van der Waals surface area contributed by atoms with Crippen molar-refractivity contribution >= 4 is 11.6 Å². The van der Waals surface area contributed by atoms with Crippen LogP contribution < -0.4 is 10.6 Å². The average Bonchev–Trinajstić information content (AvgIpc) is 3.13. The Morgan fingerprint density at radius 2 is 2.24 bits per heavy atom. The molecule has 0 aromatic carbocycles. The van der Waals surface area contributed by atoms with Crippen molar-refractivity contribution < 1.29 is 9.84 Å². The van der Waals surface area contributed by atoms with E-state index in [1.807, 2.05) is 0 Å². The first-order valence-electron chi connectivity index (χ1n) is 9.07. The summed E-state index contributed by atoms with van der Waals surface area (Å²) in [5.41, 5.74) is 2.86. The molecule has 0 radical (unpaired) electrons. The van der Waals surface area contributed by atoms with Crippen LogP contribution in [0.1, 0.15) is 36.0 Å². The number of pyridine rings is 1. The molecule has 0 unspecified atom stereocenters. The summed E-state index contributed by atoms with van der Waals surface area (Å²) >= 11 is 0. The molecule has 1 aromatic heterocycles. The standard InChI is InChI=1S/C18H27N5O2/c1-23-7-5-14-15(10-19)17(20-6-3-8-24)22-18(16(14)12-23)21-11-13-4-2-9-25-13/h13,24H,2-9,11-12H2,1H3,(H2,20,21,22)/t13-/m0/s1. The molecule has 136 valence electrons. The van der Waals surface area contributed by atoms with Gasteiger partial charge in [-0.2, -0.15) is 5.26 Å². The Morgan fingerprint density at radius 1 is 1.36 bits per heavy atom. The summed E-state index contributed by atoms with van der Waals surface area (Å²) in [6.07, 6.45) is 3.90. The Labute approximate surface area is 149 Å². The molecule has 3 heterocycles. The molecule has 1 fully saturated rings. The minimum absolute atomic E-state index is 0.120. The normalized spacial score (nSPS) is 20.1. The van der Waals surface area contributed by atoms with Gasteiger partial charge in [0.25, 0.3) is 0 Å². The van der Waals surface area contributed by atoms with Crippen LogP contribution in [-0.2, 0) is 17.7 Å². The van der Waals surface area contributed by atoms with Gasteiger partial charge in [-0.25, -0.2) is 4.98 Å². The van der Waals surface area contributed by atoms with Gasteiger partial charge in [-0.15, -0.1) is 0 Å². The number of fused-ring (bicyclic) bond motifs is 1. The number of ether oxygens (including phenoxy) is 1. The van der Waals surface area contributed by atoms with Gasteiger partial charge < -0.3 is 25.4 Å². The van der Waals surface area contributed by atoms with Gasteiger partial charge in [0.1, 0.15) is 17.7 Å². The minimum Gasteiger partial charge on any atom is -0.396 e. The minimum atomic E-state index is 0.120. The Balaban J connectivity index is 1.87. The van der Waals surface area contributed by atoms with Gasteiger partial charge in [-0.3, -0.25) is 0 Å². The first-order chi connectivity index (χ1) is 12.2. The molecule has 3 N–H and O–H groups in total. The fourth-order valence-electron chi connectivity index (χ4n) is 3.47. The highest BCUT2D eigenvalue weighted by atomic mass is 16.5. The maximum absolute atomic E-state index is 9.66. The fourth-order valence-corrected chi connectivity index (χ4v) is 3.47. The highest BCUT2D eigenvalue weighted by Crippen LogP contribution is 2.31. The van der Waals surface area contributed by atoms with Gasteiger partial charge in [0, 0.05) is 45.0 Å². The molecule has 0 amide bonds. The van der Waals surface area contributed by atoms with Gasteiger partial charge in [0.2, 0.25) is 0 Å². The summed E-state index contributed by atoms with van der Waals surface area (Å²) in [7, 11) is 2.09. The van der Waals surface area contributed by atoms with Crippen LogP contribution in [-0.4, -0.2) is 61.0 Å². The van der Waals surface area contributed by atoms with E-state index in [2.05, 4.69) is 28.7 Å². The number of nitrogens with zero attached hydrogens (tertiary/aromatic N) is 3. The van der Waals surface area contributed by atoms with E-state index in [1.165, 1.54) is 0 Å². The molecule has 1 atom stereocenters. The van der Waals surface area contributed by atoms with Gasteiger partial charge in [-0.05, 0) is 38.3 Å². The molecule has 0 saturated carbocycles. The third-order valence-electron chi connectivity index (χ3n) is 4.84. The Hall–Kier alpha value is -1.88. The number of hydrogen-bond acceptors (Lipinski definition) is 7. The summed E-state index contributed by atoms with van der Waals surface area (Å²) < 4.78 is 5.70. The van der Waals surface area contributed by atoms with E-state index in [-0.39, 0.29) is 12.7 Å². The zero-order chi connectivity index (χ0) is 17.6. The highest BCUT2D eigenvalue weighted by molar-refractivity contribution is 5.66. The van der Waals surface area contributed by atoms with E-state index < -0.39 is 0 Å². The fraction of sp³-hybridized carbons (Fsp3) is 0.667. The summed E-state index contributed by atoms with van der Waals surface area (Å²) in [6.45, 7) is 4.03. The predicted octanol–water partition coefficient (Wildman–Crippen LogP) is 1.33. The van der Waals surface area contributed by atoms with Crippen molar-refractivity contribution in [3.63, 3.8) is 0 Å². The van der Waals surface area contributed by atoms with Crippen molar-refractivity contribution in [2.45, 2.75) is 38.3 Å². The van der Waals surface area contributed by atoms with Crippen LogP contribution in [0.5, 0.6) is 0 Å². The van der Waals surface area contributed by atoms with E-state index in [0.29, 0.717) is 24.3 Å². The monoisotopic (exact) mass is 345 g/mol. The molecule has 0 spiro atoms. The quantitative estimate of drug-likeness (QED) is 0.642. The number of aromatic nitrogens is 1. The molecule has 3 rings (SSSR count). The van der Waals surface area contributed by atoms with Crippen molar-refractivity contribution in [3.8, 4) is 6.07 Å². The third kappa shape index (κ3) is 4.21. The van der Waals surface area contributed by atoms with Gasteiger partial charge in [-0.1, -0.05) is 0 Å². The predicted molar refractivity (Wildman–Crippen MR) is 96.6 cm³/mol. The summed E-state index contributed by atoms with van der Waals surface area (Å²) in [6, 6.07) is 2.33. The molecule has 2 aliphatic heterocycles. The van der Waals surface area contributed by atoms with Crippen LogP contribution in [0.15, 0.2) is 0 Å². The Kier molecular flexibility index (Phi) is 6.08. The lowest BCUT2D eigenvalue weighted by molar-refractivity contribution is 0.120. The Morgan fingerprint density at radius 3 is 2.96 bits per heavy atom. The van der Waals surface area contributed by atoms with Crippen LogP contribution in [0.3, 0.4) is 0 Å². The second kappa shape index (κ2) is 8.48. The average molecular weight is 345 g/mol. The van der Waals surface area contributed by atoms with E-state index in [9.17, 15) is 5.26 Å². The lowest BCUT2D eigenvalue weighted by atomic mass is 9.96. The lowest BCUT2D eigenvalue weighted by Crippen LogP contribution is -2.30. The van der Waals surface area contributed by atoms with Crippen molar-refractivity contribution in [2.24, 2.45) is 0 Å². The number of nitrogens with one attached hydrogen (secondary N) is 2. The largest absolute Gasteiger partial charge is 0.396 e. The molecule has 7 nitrogen and oxygen atoms in total. The van der Waals surface area contributed by atoms with Crippen LogP contribution in [0.2, 0.25) is 0 Å². The van der Waals surface area contributed by atoms with Gasteiger partial charge in [0.15, 0.2) is 0 Å². The molecule has 25 heavy (non-hydrogen) atoms. The smallest absolute Gasteiger partial charge is 0.146 e. The maximum atomic E-state index is 9.66. The Bertz CT molecular complexity index is 637. The summed E-state index contributed by atoms with van der Waals surface area (Å²) in [5, 5.41) is 25.3. The molecule has 1 saturated heterocycles. The molecular formula is C18H27N5O2. The third-order valence-corrected chi connectivity index (χ3v) is 4.84. The SMILES string of the molecule is CN1CCc2c(C#N)c(NCCCO)nc(NC[C@@H]3CCCO3)c2C1. The van der Waals surface area contributed by atoms with Crippen LogP contribution >= 0.6 is 0 Å². The second-order valence-electron chi connectivity index (χ2n) is 6.76. The van der Waals surface area contributed by atoms with Crippen molar-refractivity contribution in [1.29, 1.82) is 5.26 Å². The van der Waals surface area contributed by atoms with Crippen molar-refractivity contribution in [3.05, 3.63) is 16.7 Å². The van der Waals surface area contributed by atoms with Crippen molar-refractivity contribution in [1.82, 2.24) is 9.88 Å². The highest BCUT2D eigenvalue weighted by Gasteiger charge is 2.25. The van der Waals surface area contributed by atoms with E-state index in [1.54, 1.807) is 0 Å². The zero-order valence-corrected chi connectivity index (χ0v) is 14.8. The van der Waals surface area contributed by atoms with Gasteiger partial charge >= 0.3 is 0 Å². The van der Waals surface area contributed by atoms with E-state index in [4.69, 9.17) is 14.8 Å². The second-order valence-corrected chi connectivity index (χ2v) is 6.76. The first-order valence-corrected chi connectivity index (χ1v) is 9.07. The number of nitriles is 1. The number of hydrogen-bond donors (Lipinski definition) is 3. The number of aliphatic hydroxyl groups is 1. The molecule has 7 heteroatoms. The van der Waals surface area contributed by atoms with E-state index in [0.717, 1.165) is 62.4 Å². The summed E-state index contributed by atoms with van der Waals surface area (Å²) in [5.74, 6) is 1.47. The van der Waals surface area contributed by atoms with E-state index >= 15 is 0 Å². The molecule has 2 aliphatic rings. The number of aliphatic hydroxyl groups excluding tert-OH is 1. The topological polar surface area (TPSA) is 93.4 Å². The van der Waals surface area contributed by atoms with Crippen LogP contribution in [0.25, 0.3) is 0 Å². The van der Waals surface area contributed by atoms with Crippen molar-refractivity contribution in [2.75, 3.05) is 50.5 Å². The van der Waals surface area contributed by atoms with Crippen LogP contribution in [0.4, 0.5) is 11.6 Å².